The third-order valence-corrected chi connectivity index (χ3v) is 4.58. The smallest absolute Gasteiger partial charge is 0.250 e. The van der Waals surface area contributed by atoms with E-state index >= 15 is 0 Å². The van der Waals surface area contributed by atoms with Crippen LogP contribution in [-0.4, -0.2) is 25.7 Å². The number of carbonyl (C=O) groups is 1. The van der Waals surface area contributed by atoms with Gasteiger partial charge in [0.15, 0.2) is 5.82 Å². The number of halogens is 1. The van der Waals surface area contributed by atoms with Crippen LogP contribution in [0.3, 0.4) is 0 Å². The molecule has 128 valence electrons. The van der Waals surface area contributed by atoms with E-state index < -0.39 is 0 Å². The zero-order chi connectivity index (χ0) is 17.9. The molecule has 2 heterocycles. The maximum Gasteiger partial charge on any atom is 0.250 e. The van der Waals surface area contributed by atoms with Crippen molar-refractivity contribution in [3.05, 3.63) is 71.3 Å². The SMILES string of the molecule is O=C(C=Cc1ccccc1)Nc1nn2c(-c3cccc(Cl)c3)nnc2s1. The molecule has 6 nitrogen and oxygen atoms in total. The average molecular weight is 382 g/mol. The van der Waals surface area contributed by atoms with Crippen LogP contribution in [0.1, 0.15) is 5.56 Å². The van der Waals surface area contributed by atoms with Gasteiger partial charge in [-0.3, -0.25) is 10.1 Å². The summed E-state index contributed by atoms with van der Waals surface area (Å²) in [6.45, 7) is 0. The highest BCUT2D eigenvalue weighted by atomic mass is 35.5. The van der Waals surface area contributed by atoms with Gasteiger partial charge in [0.25, 0.3) is 0 Å². The van der Waals surface area contributed by atoms with Gasteiger partial charge in [0.05, 0.1) is 0 Å². The molecule has 0 aliphatic rings. The molecule has 0 aliphatic heterocycles. The number of hydrogen-bond donors (Lipinski definition) is 1. The summed E-state index contributed by atoms with van der Waals surface area (Å²) in [6, 6.07) is 16.9. The summed E-state index contributed by atoms with van der Waals surface area (Å²) in [4.78, 5) is 12.7. The first-order chi connectivity index (χ1) is 12.7. The van der Waals surface area contributed by atoms with Crippen LogP contribution < -0.4 is 5.32 Å². The van der Waals surface area contributed by atoms with Gasteiger partial charge >= 0.3 is 0 Å². The van der Waals surface area contributed by atoms with Crippen molar-refractivity contribution in [1.29, 1.82) is 0 Å². The number of nitrogens with zero attached hydrogens (tertiary/aromatic N) is 4. The molecule has 2 aromatic heterocycles. The minimum atomic E-state index is -0.261. The molecule has 0 saturated heterocycles. The minimum Gasteiger partial charge on any atom is -0.297 e. The van der Waals surface area contributed by atoms with Gasteiger partial charge in [0, 0.05) is 16.7 Å². The molecule has 0 saturated carbocycles. The topological polar surface area (TPSA) is 72.2 Å². The predicted molar refractivity (Wildman–Crippen MR) is 103 cm³/mol. The Bertz CT molecular complexity index is 1100. The number of carbonyl (C=O) groups excluding carboxylic acids is 1. The van der Waals surface area contributed by atoms with Crippen molar-refractivity contribution in [1.82, 2.24) is 19.8 Å². The Hall–Kier alpha value is -3.03. The van der Waals surface area contributed by atoms with Crippen molar-refractivity contribution >= 4 is 45.0 Å². The van der Waals surface area contributed by atoms with Crippen LogP contribution in [0.5, 0.6) is 0 Å². The molecule has 0 bridgehead atoms. The van der Waals surface area contributed by atoms with Crippen LogP contribution in [0.25, 0.3) is 22.4 Å². The molecule has 0 radical (unpaired) electrons. The Balaban J connectivity index is 1.55. The van der Waals surface area contributed by atoms with Gasteiger partial charge in [-0.15, -0.1) is 15.3 Å². The highest BCUT2D eigenvalue weighted by molar-refractivity contribution is 7.20. The van der Waals surface area contributed by atoms with Crippen LogP contribution in [0.15, 0.2) is 60.7 Å². The highest BCUT2D eigenvalue weighted by Crippen LogP contribution is 2.25. The van der Waals surface area contributed by atoms with E-state index in [1.807, 2.05) is 42.5 Å². The fourth-order valence-electron chi connectivity index (χ4n) is 2.36. The van der Waals surface area contributed by atoms with Crippen LogP contribution >= 0.6 is 22.9 Å². The maximum atomic E-state index is 12.1. The van der Waals surface area contributed by atoms with E-state index in [1.165, 1.54) is 17.4 Å². The average Bonchev–Trinajstić information content (AvgIpc) is 3.21. The lowest BCUT2D eigenvalue weighted by molar-refractivity contribution is -0.111. The van der Waals surface area contributed by atoms with Crippen LogP contribution in [-0.2, 0) is 4.79 Å². The first kappa shape index (κ1) is 16.4. The van der Waals surface area contributed by atoms with Crippen molar-refractivity contribution < 1.29 is 4.79 Å². The van der Waals surface area contributed by atoms with Crippen LogP contribution in [0.2, 0.25) is 5.02 Å². The fraction of sp³-hybridized carbons (Fsp3) is 0. The number of rotatable bonds is 4. The van der Waals surface area contributed by atoms with Crippen molar-refractivity contribution in [3.8, 4) is 11.4 Å². The van der Waals surface area contributed by atoms with E-state index in [0.29, 0.717) is 20.9 Å². The van der Waals surface area contributed by atoms with Crippen molar-refractivity contribution in [2.24, 2.45) is 0 Å². The third kappa shape index (κ3) is 3.49. The van der Waals surface area contributed by atoms with E-state index in [4.69, 9.17) is 11.6 Å². The van der Waals surface area contributed by atoms with Gasteiger partial charge in [-0.1, -0.05) is 65.4 Å². The number of amides is 1. The van der Waals surface area contributed by atoms with Crippen LogP contribution in [0, 0.1) is 0 Å². The lowest BCUT2D eigenvalue weighted by atomic mass is 10.2. The quantitative estimate of drug-likeness (QED) is 0.539. The van der Waals surface area contributed by atoms with Crippen LogP contribution in [0.4, 0.5) is 5.13 Å². The van der Waals surface area contributed by atoms with Gasteiger partial charge in [-0.2, -0.15) is 4.52 Å². The van der Waals surface area contributed by atoms with Gasteiger partial charge < -0.3 is 0 Å². The summed E-state index contributed by atoms with van der Waals surface area (Å²) in [5.74, 6) is 0.308. The Morgan fingerprint density at radius 3 is 2.77 bits per heavy atom. The second-order valence-electron chi connectivity index (χ2n) is 5.37. The number of aromatic nitrogens is 4. The first-order valence-corrected chi connectivity index (χ1v) is 8.91. The molecule has 0 unspecified atom stereocenters. The molecule has 26 heavy (non-hydrogen) atoms. The standard InChI is InChI=1S/C18H12ClN5OS/c19-14-8-4-7-13(11-14)16-21-22-18-24(16)23-17(26-18)20-15(25)10-9-12-5-2-1-3-6-12/h1-11H,(H,20,23,25). The second kappa shape index (κ2) is 7.07. The fourth-order valence-corrected chi connectivity index (χ4v) is 3.29. The van der Waals surface area contributed by atoms with Crippen molar-refractivity contribution in [2.75, 3.05) is 5.32 Å². The zero-order valence-corrected chi connectivity index (χ0v) is 14.9. The van der Waals surface area contributed by atoms with Gasteiger partial charge in [-0.05, 0) is 23.8 Å². The van der Waals surface area contributed by atoms with E-state index in [1.54, 1.807) is 22.7 Å². The van der Waals surface area contributed by atoms with E-state index in [-0.39, 0.29) is 5.91 Å². The summed E-state index contributed by atoms with van der Waals surface area (Å²) < 4.78 is 1.59. The van der Waals surface area contributed by atoms with E-state index in [2.05, 4.69) is 20.6 Å². The summed E-state index contributed by atoms with van der Waals surface area (Å²) in [5, 5.41) is 16.4. The molecule has 0 spiro atoms. The second-order valence-corrected chi connectivity index (χ2v) is 6.76. The van der Waals surface area contributed by atoms with E-state index in [0.717, 1.165) is 11.1 Å². The summed E-state index contributed by atoms with van der Waals surface area (Å²) >= 11 is 7.28. The van der Waals surface area contributed by atoms with Gasteiger partial charge in [0.2, 0.25) is 16.0 Å². The summed E-state index contributed by atoms with van der Waals surface area (Å²) in [7, 11) is 0. The molecule has 1 amide bonds. The lowest BCUT2D eigenvalue weighted by Crippen LogP contribution is -2.07. The number of anilines is 1. The molecule has 0 aliphatic carbocycles. The predicted octanol–water partition coefficient (Wildman–Crippen LogP) is 4.16. The molecule has 4 rings (SSSR count). The molecule has 2 aromatic carbocycles. The Labute approximate surface area is 157 Å². The molecule has 0 atom stereocenters. The molecule has 4 aromatic rings. The van der Waals surface area contributed by atoms with Crippen molar-refractivity contribution in [3.63, 3.8) is 0 Å². The summed E-state index contributed by atoms with van der Waals surface area (Å²) in [6.07, 6.45) is 3.21. The lowest BCUT2D eigenvalue weighted by Gasteiger charge is -1.98. The normalized spacial score (nSPS) is 11.3. The van der Waals surface area contributed by atoms with E-state index in [9.17, 15) is 4.79 Å². The monoisotopic (exact) mass is 381 g/mol. The van der Waals surface area contributed by atoms with Gasteiger partial charge in [0.1, 0.15) is 0 Å². The third-order valence-electron chi connectivity index (χ3n) is 3.53. The minimum absolute atomic E-state index is 0.261. The number of benzene rings is 2. The molecule has 1 N–H and O–H groups in total. The first-order valence-electron chi connectivity index (χ1n) is 7.71. The molecule has 0 fully saturated rings. The Morgan fingerprint density at radius 1 is 1.12 bits per heavy atom. The van der Waals surface area contributed by atoms with Crippen molar-refractivity contribution in [2.45, 2.75) is 0 Å². The molecular formula is C18H12ClN5OS. The molecule has 8 heteroatoms. The summed E-state index contributed by atoms with van der Waals surface area (Å²) in [5.41, 5.74) is 1.75. The van der Waals surface area contributed by atoms with Gasteiger partial charge in [-0.25, -0.2) is 0 Å². The highest BCUT2D eigenvalue weighted by Gasteiger charge is 2.14. The largest absolute Gasteiger partial charge is 0.297 e. The number of nitrogens with one attached hydrogen (secondary N) is 1. The maximum absolute atomic E-state index is 12.1. The Kier molecular flexibility index (Phi) is 4.47. The number of hydrogen-bond acceptors (Lipinski definition) is 5. The number of fused-ring (bicyclic) bond motifs is 1. The molecular weight excluding hydrogens is 370 g/mol. The zero-order valence-electron chi connectivity index (χ0n) is 13.3. The Morgan fingerprint density at radius 2 is 1.96 bits per heavy atom.